The van der Waals surface area contributed by atoms with Gasteiger partial charge in [0.1, 0.15) is 5.69 Å². The molecule has 0 aromatic carbocycles. The Morgan fingerprint density at radius 1 is 1.26 bits per heavy atom. The summed E-state index contributed by atoms with van der Waals surface area (Å²) in [5.41, 5.74) is 1.10. The molecule has 0 saturated carbocycles. The molecule has 7 nitrogen and oxygen atoms in total. The van der Waals surface area contributed by atoms with E-state index in [0.717, 1.165) is 5.65 Å². The lowest BCUT2D eigenvalue weighted by Crippen LogP contribution is -2.24. The Bertz CT molecular complexity index is 957. The lowest BCUT2D eigenvalue weighted by molar-refractivity contribution is 0.0945. The molecule has 4 rings (SSSR count). The molecule has 114 valence electrons. The first-order valence-electron chi connectivity index (χ1n) is 6.87. The number of furan rings is 1. The molecule has 4 aromatic heterocycles. The van der Waals surface area contributed by atoms with Gasteiger partial charge in [0.25, 0.3) is 5.91 Å². The molecule has 0 aliphatic heterocycles. The zero-order valence-electron chi connectivity index (χ0n) is 11.8. The van der Waals surface area contributed by atoms with Crippen LogP contribution in [-0.4, -0.2) is 25.5 Å². The number of aromatic nitrogens is 4. The Morgan fingerprint density at radius 3 is 3.09 bits per heavy atom. The van der Waals surface area contributed by atoms with Crippen molar-refractivity contribution in [3.63, 3.8) is 0 Å². The Labute approximate surface area is 134 Å². The Hall–Kier alpha value is -3.00. The number of nitrogens with zero attached hydrogens (tertiary/aromatic N) is 4. The van der Waals surface area contributed by atoms with Gasteiger partial charge in [0.2, 0.25) is 0 Å². The Balaban J connectivity index is 1.48. The summed E-state index contributed by atoms with van der Waals surface area (Å²) in [5, 5.41) is 13.3. The zero-order valence-corrected chi connectivity index (χ0v) is 12.7. The largest absolute Gasteiger partial charge is 0.462 e. The number of pyridine rings is 1. The van der Waals surface area contributed by atoms with Crippen molar-refractivity contribution in [1.29, 1.82) is 0 Å². The third-order valence-electron chi connectivity index (χ3n) is 3.26. The van der Waals surface area contributed by atoms with Gasteiger partial charge < -0.3 is 9.73 Å². The fourth-order valence-electron chi connectivity index (χ4n) is 2.15. The minimum Gasteiger partial charge on any atom is -0.462 e. The van der Waals surface area contributed by atoms with Crippen LogP contribution < -0.4 is 5.32 Å². The van der Waals surface area contributed by atoms with Crippen molar-refractivity contribution in [2.75, 3.05) is 0 Å². The highest BCUT2D eigenvalue weighted by molar-refractivity contribution is 7.13. The van der Waals surface area contributed by atoms with Crippen LogP contribution in [0.1, 0.15) is 16.3 Å². The van der Waals surface area contributed by atoms with Crippen molar-refractivity contribution in [3.8, 4) is 10.8 Å². The van der Waals surface area contributed by atoms with Crippen molar-refractivity contribution in [2.45, 2.75) is 6.54 Å². The van der Waals surface area contributed by atoms with E-state index in [0.29, 0.717) is 22.3 Å². The number of hydrogen-bond donors (Lipinski definition) is 1. The van der Waals surface area contributed by atoms with E-state index in [1.165, 1.54) is 11.3 Å². The van der Waals surface area contributed by atoms with Crippen LogP contribution in [0.4, 0.5) is 0 Å². The predicted molar refractivity (Wildman–Crippen MR) is 84.0 cm³/mol. The summed E-state index contributed by atoms with van der Waals surface area (Å²) in [5.74, 6) is 1.06. The van der Waals surface area contributed by atoms with Gasteiger partial charge in [-0.25, -0.2) is 4.98 Å². The second-order valence-corrected chi connectivity index (χ2v) is 5.60. The van der Waals surface area contributed by atoms with E-state index in [1.807, 2.05) is 34.9 Å². The molecule has 0 atom stereocenters. The SMILES string of the molecule is O=C(NCc1nnc2ccccn12)c1csc(-c2ccco2)n1. The molecule has 0 radical (unpaired) electrons. The molecule has 4 heterocycles. The maximum atomic E-state index is 12.2. The smallest absolute Gasteiger partial charge is 0.271 e. The van der Waals surface area contributed by atoms with Crippen LogP contribution in [0.25, 0.3) is 16.4 Å². The van der Waals surface area contributed by atoms with Gasteiger partial charge >= 0.3 is 0 Å². The molecule has 0 spiro atoms. The summed E-state index contributed by atoms with van der Waals surface area (Å²) < 4.78 is 7.10. The lowest BCUT2D eigenvalue weighted by atomic mass is 10.4. The van der Waals surface area contributed by atoms with E-state index in [2.05, 4.69) is 20.5 Å². The van der Waals surface area contributed by atoms with Crippen LogP contribution in [0.15, 0.2) is 52.6 Å². The lowest BCUT2D eigenvalue weighted by Gasteiger charge is -2.01. The molecule has 4 aromatic rings. The third-order valence-corrected chi connectivity index (χ3v) is 4.12. The first-order valence-corrected chi connectivity index (χ1v) is 7.75. The molecule has 0 bridgehead atoms. The first kappa shape index (κ1) is 13.6. The van der Waals surface area contributed by atoms with Crippen LogP contribution in [0.2, 0.25) is 0 Å². The summed E-state index contributed by atoms with van der Waals surface area (Å²) in [6.07, 6.45) is 3.43. The van der Waals surface area contributed by atoms with Crippen molar-refractivity contribution in [2.24, 2.45) is 0 Å². The average molecular weight is 325 g/mol. The fourth-order valence-corrected chi connectivity index (χ4v) is 2.92. The number of nitrogens with one attached hydrogen (secondary N) is 1. The molecule has 23 heavy (non-hydrogen) atoms. The Morgan fingerprint density at radius 2 is 2.22 bits per heavy atom. The second kappa shape index (κ2) is 5.65. The van der Waals surface area contributed by atoms with E-state index in [4.69, 9.17) is 4.42 Å². The van der Waals surface area contributed by atoms with Gasteiger partial charge in [-0.05, 0) is 24.3 Å². The van der Waals surface area contributed by atoms with Gasteiger partial charge in [0.15, 0.2) is 22.2 Å². The van der Waals surface area contributed by atoms with E-state index >= 15 is 0 Å². The number of hydrogen-bond acceptors (Lipinski definition) is 6. The third kappa shape index (κ3) is 2.59. The maximum absolute atomic E-state index is 12.2. The minimum atomic E-state index is -0.258. The summed E-state index contributed by atoms with van der Waals surface area (Å²) >= 11 is 1.36. The average Bonchev–Trinajstić information content (AvgIpc) is 3.31. The summed E-state index contributed by atoms with van der Waals surface area (Å²) in [6.45, 7) is 0.275. The number of carbonyl (C=O) groups is 1. The molecule has 8 heteroatoms. The topological polar surface area (TPSA) is 85.3 Å². The molecule has 0 saturated heterocycles. The highest BCUT2D eigenvalue weighted by Crippen LogP contribution is 2.23. The highest BCUT2D eigenvalue weighted by Gasteiger charge is 2.14. The number of fused-ring (bicyclic) bond motifs is 1. The molecule has 0 unspecified atom stereocenters. The number of rotatable bonds is 4. The highest BCUT2D eigenvalue weighted by atomic mass is 32.1. The van der Waals surface area contributed by atoms with Crippen molar-refractivity contribution < 1.29 is 9.21 Å². The minimum absolute atomic E-state index is 0.258. The molecule has 1 amide bonds. The van der Waals surface area contributed by atoms with E-state index < -0.39 is 0 Å². The monoisotopic (exact) mass is 325 g/mol. The van der Waals surface area contributed by atoms with Crippen LogP contribution in [0.3, 0.4) is 0 Å². The molecular formula is C15H11N5O2S. The van der Waals surface area contributed by atoms with Crippen molar-refractivity contribution in [1.82, 2.24) is 24.9 Å². The summed E-state index contributed by atoms with van der Waals surface area (Å²) in [4.78, 5) is 16.5. The van der Waals surface area contributed by atoms with Crippen molar-refractivity contribution in [3.05, 3.63) is 59.7 Å². The van der Waals surface area contributed by atoms with Crippen LogP contribution in [-0.2, 0) is 6.54 Å². The van der Waals surface area contributed by atoms with E-state index in [9.17, 15) is 4.79 Å². The molecular weight excluding hydrogens is 314 g/mol. The van der Waals surface area contributed by atoms with Crippen LogP contribution >= 0.6 is 11.3 Å². The molecule has 0 fully saturated rings. The van der Waals surface area contributed by atoms with Gasteiger partial charge in [-0.1, -0.05) is 6.07 Å². The molecule has 0 aliphatic carbocycles. The first-order chi connectivity index (χ1) is 11.3. The zero-order chi connectivity index (χ0) is 15.6. The Kier molecular flexibility index (Phi) is 3.35. The van der Waals surface area contributed by atoms with Crippen LogP contribution in [0.5, 0.6) is 0 Å². The van der Waals surface area contributed by atoms with Gasteiger partial charge in [0.05, 0.1) is 12.8 Å². The van der Waals surface area contributed by atoms with Gasteiger partial charge in [-0.2, -0.15) is 0 Å². The summed E-state index contributed by atoms with van der Waals surface area (Å²) in [7, 11) is 0. The normalized spacial score (nSPS) is 11.0. The maximum Gasteiger partial charge on any atom is 0.271 e. The van der Waals surface area contributed by atoms with Gasteiger partial charge in [0, 0.05) is 11.6 Å². The van der Waals surface area contributed by atoms with E-state index in [1.54, 1.807) is 17.7 Å². The molecule has 0 aliphatic rings. The quantitative estimate of drug-likeness (QED) is 0.622. The number of carbonyl (C=O) groups excluding carboxylic acids is 1. The number of thiazole rings is 1. The fraction of sp³-hybridized carbons (Fsp3) is 0.0667. The van der Waals surface area contributed by atoms with Crippen molar-refractivity contribution >= 4 is 22.9 Å². The molecule has 1 N–H and O–H groups in total. The van der Waals surface area contributed by atoms with Gasteiger partial charge in [-0.3, -0.25) is 9.20 Å². The predicted octanol–water partition coefficient (Wildman–Crippen LogP) is 2.38. The van der Waals surface area contributed by atoms with Gasteiger partial charge in [-0.15, -0.1) is 21.5 Å². The second-order valence-electron chi connectivity index (χ2n) is 4.74. The number of amides is 1. The standard InChI is InChI=1S/C15H11N5O2S/c21-14(10-9-23-15(17-10)11-4-3-7-22-11)16-8-13-19-18-12-5-1-2-6-20(12)13/h1-7,9H,8H2,(H,16,21). The van der Waals surface area contributed by atoms with E-state index in [-0.39, 0.29) is 12.5 Å². The summed E-state index contributed by atoms with van der Waals surface area (Å²) in [6, 6.07) is 9.22. The van der Waals surface area contributed by atoms with Crippen LogP contribution in [0, 0.1) is 0 Å².